The molecular formula is C43H50ClF2N11O4. The Kier molecular flexibility index (Phi) is 10.6. The molecule has 0 radical (unpaired) electrons. The zero-order chi connectivity index (χ0) is 42.8. The largest absolute Gasteiger partial charge is 0.385 e. The minimum Gasteiger partial charge on any atom is -0.385 e. The number of benzene rings is 2. The molecule has 2 aromatic carbocycles. The number of hydrogen-bond acceptors (Lipinski definition) is 10. The van der Waals surface area contributed by atoms with E-state index >= 15 is 8.78 Å². The highest BCUT2D eigenvalue weighted by molar-refractivity contribution is 6.34. The van der Waals surface area contributed by atoms with Gasteiger partial charge in [0.05, 0.1) is 35.1 Å². The molecule has 1 atom stereocenters. The molecule has 4 fully saturated rings. The Hall–Kier alpha value is -5.39. The summed E-state index contributed by atoms with van der Waals surface area (Å²) in [5.74, 6) is -3.43. The van der Waals surface area contributed by atoms with Crippen LogP contribution in [-0.2, 0) is 17.8 Å². The summed E-state index contributed by atoms with van der Waals surface area (Å²) in [5.41, 5.74) is 11.6. The molecule has 1 unspecified atom stereocenters. The number of amides is 5. The zero-order valence-corrected chi connectivity index (χ0v) is 35.1. The van der Waals surface area contributed by atoms with Crippen LogP contribution >= 0.6 is 11.6 Å². The van der Waals surface area contributed by atoms with E-state index in [9.17, 15) is 19.2 Å². The van der Waals surface area contributed by atoms with Gasteiger partial charge in [-0.2, -0.15) is 0 Å². The monoisotopic (exact) mass is 857 g/mol. The van der Waals surface area contributed by atoms with Crippen LogP contribution in [0.3, 0.4) is 0 Å². The molecule has 1 spiro atoms. The fourth-order valence-corrected chi connectivity index (χ4v) is 10.5. The summed E-state index contributed by atoms with van der Waals surface area (Å²) < 4.78 is 33.8. The van der Waals surface area contributed by atoms with Crippen molar-refractivity contribution in [1.82, 2.24) is 34.6 Å². The molecule has 0 aliphatic carbocycles. The Balaban J connectivity index is 0.805. The van der Waals surface area contributed by atoms with E-state index < -0.39 is 23.9 Å². The maximum absolute atomic E-state index is 16.2. The van der Waals surface area contributed by atoms with Gasteiger partial charge in [0.1, 0.15) is 5.69 Å². The third-order valence-corrected chi connectivity index (χ3v) is 14.0. The average Bonchev–Trinajstić information content (AvgIpc) is 3.87. The van der Waals surface area contributed by atoms with E-state index in [2.05, 4.69) is 20.5 Å². The molecule has 18 heteroatoms. The lowest BCUT2D eigenvalue weighted by Gasteiger charge is -2.51. The first-order valence-electron chi connectivity index (χ1n) is 21.0. The van der Waals surface area contributed by atoms with E-state index in [0.29, 0.717) is 85.7 Å². The number of aromatic nitrogens is 3. The molecule has 0 bridgehead atoms. The molecule has 4 aromatic rings. The van der Waals surface area contributed by atoms with Crippen molar-refractivity contribution in [1.29, 1.82) is 0 Å². The standard InChI is InChI=1S/C43H50ClF2N11O4/c1-26-20-30(44)29(21-33(26)56-15-8-37(58)50-41(56)61)40(60)54-18-11-42(12-19-54)9-16-53(17-10-42)35-7-13-52(25-43(35,45)46)24-27-4-3-5-32-28(27)6-14-55(32)36-22-31(48-2)39-49-23-34(38(47)59)57(39)51-36/h3-5,20-23,35,48H,6-19,24-25H2,1-2H3,(H2,47,59)(H,50,58,61). The van der Waals surface area contributed by atoms with Crippen LogP contribution in [0.2, 0.25) is 5.02 Å². The van der Waals surface area contributed by atoms with E-state index in [1.807, 2.05) is 41.0 Å². The van der Waals surface area contributed by atoms with Crippen molar-refractivity contribution in [2.75, 3.05) is 74.5 Å². The lowest BCUT2D eigenvalue weighted by molar-refractivity contribution is -0.139. The van der Waals surface area contributed by atoms with Gasteiger partial charge in [0.2, 0.25) is 5.91 Å². The molecule has 7 heterocycles. The van der Waals surface area contributed by atoms with Gasteiger partial charge in [-0.05, 0) is 98.8 Å². The number of likely N-dealkylation sites (tertiary alicyclic amines) is 3. The van der Waals surface area contributed by atoms with Gasteiger partial charge in [-0.1, -0.05) is 23.7 Å². The number of imide groups is 1. The smallest absolute Gasteiger partial charge is 0.328 e. The van der Waals surface area contributed by atoms with Gasteiger partial charge < -0.3 is 20.9 Å². The van der Waals surface area contributed by atoms with Crippen LogP contribution in [0.1, 0.15) is 76.1 Å². The Bertz CT molecular complexity index is 2430. The van der Waals surface area contributed by atoms with Crippen LogP contribution in [-0.4, -0.2) is 124 Å². The third-order valence-electron chi connectivity index (χ3n) is 13.7. The molecule has 2 aromatic heterocycles. The highest BCUT2D eigenvalue weighted by Crippen LogP contribution is 2.45. The number of urea groups is 1. The number of nitrogens with one attached hydrogen (secondary N) is 2. The number of nitrogens with zero attached hydrogens (tertiary/aromatic N) is 8. The summed E-state index contributed by atoms with van der Waals surface area (Å²) >= 11 is 6.59. The van der Waals surface area contributed by atoms with Crippen LogP contribution < -0.4 is 26.2 Å². The van der Waals surface area contributed by atoms with Gasteiger partial charge in [0, 0.05) is 70.2 Å². The number of halogens is 3. The molecule has 5 aliphatic rings. The van der Waals surface area contributed by atoms with E-state index in [1.54, 1.807) is 24.1 Å². The van der Waals surface area contributed by atoms with Crippen molar-refractivity contribution in [3.8, 4) is 0 Å². The molecule has 0 saturated carbocycles. The van der Waals surface area contributed by atoms with Gasteiger partial charge in [0.25, 0.3) is 17.7 Å². The van der Waals surface area contributed by atoms with Crippen LogP contribution in [0.5, 0.6) is 0 Å². The lowest BCUT2D eigenvalue weighted by Crippen LogP contribution is -2.60. The lowest BCUT2D eigenvalue weighted by atomic mass is 9.70. The van der Waals surface area contributed by atoms with Crippen LogP contribution in [0.4, 0.5) is 36.5 Å². The molecule has 4 saturated heterocycles. The van der Waals surface area contributed by atoms with Crippen molar-refractivity contribution in [2.24, 2.45) is 11.1 Å². The maximum Gasteiger partial charge on any atom is 0.328 e. The molecule has 5 aliphatic heterocycles. The normalized spacial score (nSPS) is 21.9. The molecule has 9 rings (SSSR count). The predicted molar refractivity (Wildman–Crippen MR) is 227 cm³/mol. The summed E-state index contributed by atoms with van der Waals surface area (Å²) in [6.45, 7) is 5.62. The van der Waals surface area contributed by atoms with Crippen molar-refractivity contribution < 1.29 is 28.0 Å². The summed E-state index contributed by atoms with van der Waals surface area (Å²) in [5, 5.41) is 10.5. The number of piperidine rings is 3. The van der Waals surface area contributed by atoms with E-state index in [4.69, 9.17) is 22.4 Å². The number of aryl methyl sites for hydroxylation is 1. The molecular weight excluding hydrogens is 808 g/mol. The number of primary amides is 1. The fourth-order valence-electron chi connectivity index (χ4n) is 10.2. The van der Waals surface area contributed by atoms with Crippen LogP contribution in [0.25, 0.3) is 5.65 Å². The first kappa shape index (κ1) is 41.0. The van der Waals surface area contributed by atoms with Crippen molar-refractivity contribution in [3.63, 3.8) is 0 Å². The third kappa shape index (κ3) is 7.54. The second-order valence-electron chi connectivity index (χ2n) is 17.2. The zero-order valence-electron chi connectivity index (χ0n) is 34.4. The number of imidazole rings is 1. The summed E-state index contributed by atoms with van der Waals surface area (Å²) in [6, 6.07) is 9.87. The first-order valence-corrected chi connectivity index (χ1v) is 21.4. The highest BCUT2D eigenvalue weighted by atomic mass is 35.5. The van der Waals surface area contributed by atoms with Crippen LogP contribution in [0, 0.1) is 12.3 Å². The molecule has 4 N–H and O–H groups in total. The second kappa shape index (κ2) is 15.8. The Morgan fingerprint density at radius 1 is 0.967 bits per heavy atom. The van der Waals surface area contributed by atoms with Crippen LogP contribution in [0.15, 0.2) is 42.6 Å². The van der Waals surface area contributed by atoms with Gasteiger partial charge in [-0.25, -0.2) is 23.1 Å². The molecule has 61 heavy (non-hydrogen) atoms. The molecule has 322 valence electrons. The Labute approximate surface area is 357 Å². The van der Waals surface area contributed by atoms with Gasteiger partial charge in [-0.15, -0.1) is 5.10 Å². The number of rotatable bonds is 8. The Morgan fingerprint density at radius 2 is 1.70 bits per heavy atom. The summed E-state index contributed by atoms with van der Waals surface area (Å²) in [4.78, 5) is 63.8. The van der Waals surface area contributed by atoms with Gasteiger partial charge in [-0.3, -0.25) is 34.4 Å². The van der Waals surface area contributed by atoms with E-state index in [1.165, 1.54) is 15.6 Å². The molecule has 15 nitrogen and oxygen atoms in total. The van der Waals surface area contributed by atoms with E-state index in [0.717, 1.165) is 54.5 Å². The van der Waals surface area contributed by atoms with Crippen molar-refractivity contribution in [2.45, 2.75) is 70.4 Å². The maximum atomic E-state index is 16.2. The number of hydrogen-bond donors (Lipinski definition) is 3. The first-order chi connectivity index (χ1) is 29.2. The number of carbonyl (C=O) groups is 4. The topological polar surface area (TPSA) is 165 Å². The molecule has 5 amide bonds. The highest BCUT2D eigenvalue weighted by Gasteiger charge is 2.50. The minimum absolute atomic E-state index is 0.00964. The Morgan fingerprint density at radius 3 is 2.41 bits per heavy atom. The number of nitrogens with two attached hydrogens (primary N) is 1. The summed E-state index contributed by atoms with van der Waals surface area (Å²) in [7, 11) is 1.78. The average molecular weight is 858 g/mol. The second-order valence-corrected chi connectivity index (χ2v) is 17.6. The van der Waals surface area contributed by atoms with Gasteiger partial charge in [0.15, 0.2) is 11.5 Å². The van der Waals surface area contributed by atoms with Gasteiger partial charge >= 0.3 is 6.03 Å². The van der Waals surface area contributed by atoms with E-state index in [-0.39, 0.29) is 42.4 Å². The number of carbonyl (C=O) groups excluding carboxylic acids is 4. The SMILES string of the molecule is CNc1cc(N2CCc3c(CN4CCC(N5CCC6(CCN(C(=O)c7cc(N8CCC(=O)NC8=O)c(C)cc7Cl)CC6)CC5)C(F)(F)C4)cccc32)nn2c(C(N)=O)cnc12. The van der Waals surface area contributed by atoms with Crippen molar-refractivity contribution in [3.05, 3.63) is 75.6 Å². The number of anilines is 4. The number of alkyl halides is 2. The predicted octanol–water partition coefficient (Wildman–Crippen LogP) is 5.20. The van der Waals surface area contributed by atoms with Crippen molar-refractivity contribution >= 4 is 63.9 Å². The quantitative estimate of drug-likeness (QED) is 0.215. The minimum atomic E-state index is -2.88. The fraction of sp³-hybridized carbons (Fsp3) is 0.488. The summed E-state index contributed by atoms with van der Waals surface area (Å²) in [6.07, 6.45) is 5.86. The number of fused-ring (bicyclic) bond motifs is 2.